The Morgan fingerprint density at radius 3 is 2.58 bits per heavy atom. The molecule has 3 rings (SSSR count). The van der Waals surface area contributed by atoms with E-state index < -0.39 is 0 Å². The fraction of sp³-hybridized carbons (Fsp3) is 0.235. The second kappa shape index (κ2) is 4.61. The molecule has 0 aliphatic heterocycles. The average Bonchev–Trinajstić information content (AvgIpc) is 3.19. The Balaban J connectivity index is 1.76. The van der Waals surface area contributed by atoms with Gasteiger partial charge in [0.2, 0.25) is 0 Å². The smallest absolute Gasteiger partial charge is 0.166 e. The number of hydrogen-bond acceptors (Lipinski definition) is 1. The summed E-state index contributed by atoms with van der Waals surface area (Å²) < 4.78 is 12.8. The number of ketones is 1. The van der Waals surface area contributed by atoms with Gasteiger partial charge in [0.05, 0.1) is 0 Å². The van der Waals surface area contributed by atoms with Crippen molar-refractivity contribution in [2.75, 3.05) is 0 Å². The topological polar surface area (TPSA) is 17.1 Å². The molecule has 1 aliphatic rings. The number of hydrogen-bond donors (Lipinski definition) is 0. The zero-order valence-electron chi connectivity index (χ0n) is 10.8. The van der Waals surface area contributed by atoms with Crippen LogP contribution in [0.3, 0.4) is 0 Å². The zero-order valence-corrected chi connectivity index (χ0v) is 10.8. The van der Waals surface area contributed by atoms with Gasteiger partial charge in [-0.25, -0.2) is 4.39 Å². The lowest BCUT2D eigenvalue weighted by Gasteiger charge is -2.02. The van der Waals surface area contributed by atoms with E-state index in [2.05, 4.69) is 25.1 Å². The molecule has 2 heteroatoms. The van der Waals surface area contributed by atoms with Crippen LogP contribution < -0.4 is 0 Å². The summed E-state index contributed by atoms with van der Waals surface area (Å²) in [7, 11) is 0. The highest BCUT2D eigenvalue weighted by Gasteiger charge is 2.43. The Kier molecular flexibility index (Phi) is 2.94. The van der Waals surface area contributed by atoms with E-state index in [0.29, 0.717) is 11.5 Å². The van der Waals surface area contributed by atoms with Crippen LogP contribution in [0.1, 0.15) is 33.8 Å². The summed E-state index contributed by atoms with van der Waals surface area (Å²) in [5.74, 6) is 0.221. The molecule has 2 aromatic carbocycles. The van der Waals surface area contributed by atoms with E-state index in [1.54, 1.807) is 12.1 Å². The largest absolute Gasteiger partial charge is 0.294 e. The van der Waals surface area contributed by atoms with Gasteiger partial charge >= 0.3 is 0 Å². The van der Waals surface area contributed by atoms with E-state index in [4.69, 9.17) is 0 Å². The lowest BCUT2D eigenvalue weighted by Crippen LogP contribution is -2.03. The molecule has 2 unspecified atom stereocenters. The molecule has 0 saturated heterocycles. The molecule has 0 bridgehead atoms. The maximum atomic E-state index is 12.8. The molecule has 19 heavy (non-hydrogen) atoms. The lowest BCUT2D eigenvalue weighted by atomic mass is 10.0. The fourth-order valence-electron chi connectivity index (χ4n) is 2.58. The first kappa shape index (κ1) is 12.1. The van der Waals surface area contributed by atoms with Crippen LogP contribution >= 0.6 is 0 Å². The van der Waals surface area contributed by atoms with E-state index >= 15 is 0 Å². The monoisotopic (exact) mass is 254 g/mol. The fourth-order valence-corrected chi connectivity index (χ4v) is 2.58. The number of benzene rings is 2. The van der Waals surface area contributed by atoms with E-state index in [1.165, 1.54) is 23.3 Å². The van der Waals surface area contributed by atoms with Gasteiger partial charge in [0.25, 0.3) is 0 Å². The molecular formula is C17H15FO. The molecule has 0 N–H and O–H groups in total. The lowest BCUT2D eigenvalue weighted by molar-refractivity contribution is 0.0965. The molecule has 1 saturated carbocycles. The molecule has 0 amide bonds. The molecule has 1 aliphatic carbocycles. The predicted molar refractivity (Wildman–Crippen MR) is 72.8 cm³/mol. The van der Waals surface area contributed by atoms with Gasteiger partial charge in [-0.15, -0.1) is 0 Å². The molecule has 0 radical (unpaired) electrons. The van der Waals surface area contributed by atoms with Crippen molar-refractivity contribution in [1.29, 1.82) is 0 Å². The average molecular weight is 254 g/mol. The number of aryl methyl sites for hydroxylation is 1. The van der Waals surface area contributed by atoms with Gasteiger partial charge in [-0.2, -0.15) is 0 Å². The normalized spacial score (nSPS) is 21.2. The summed E-state index contributed by atoms with van der Waals surface area (Å²) in [6, 6.07) is 14.1. The van der Waals surface area contributed by atoms with Gasteiger partial charge in [0.15, 0.2) is 5.78 Å². The van der Waals surface area contributed by atoms with Crippen LogP contribution in [0.15, 0.2) is 48.5 Å². The number of Topliss-reactive ketones (excluding diaryl/α,β-unsaturated/α-hetero) is 1. The highest BCUT2D eigenvalue weighted by molar-refractivity contribution is 6.00. The van der Waals surface area contributed by atoms with Crippen LogP contribution in [-0.4, -0.2) is 5.78 Å². The minimum atomic E-state index is -0.303. The van der Waals surface area contributed by atoms with Crippen LogP contribution in [0.4, 0.5) is 4.39 Å². The summed E-state index contributed by atoms with van der Waals surface area (Å²) in [5.41, 5.74) is 3.07. The summed E-state index contributed by atoms with van der Waals surface area (Å²) in [6.07, 6.45) is 0.902. The van der Waals surface area contributed by atoms with Crippen LogP contribution in [0.5, 0.6) is 0 Å². The Morgan fingerprint density at radius 1 is 1.16 bits per heavy atom. The third kappa shape index (κ3) is 2.43. The van der Waals surface area contributed by atoms with Gasteiger partial charge in [-0.05, 0) is 49.1 Å². The molecule has 2 atom stereocenters. The zero-order chi connectivity index (χ0) is 13.4. The van der Waals surface area contributed by atoms with Crippen molar-refractivity contribution in [3.05, 3.63) is 71.0 Å². The summed E-state index contributed by atoms with van der Waals surface area (Å²) in [6.45, 7) is 2.06. The first-order valence-corrected chi connectivity index (χ1v) is 6.51. The third-order valence-corrected chi connectivity index (χ3v) is 3.73. The molecule has 1 fully saturated rings. The van der Waals surface area contributed by atoms with Crippen molar-refractivity contribution in [2.24, 2.45) is 5.92 Å². The molecule has 1 nitrogen and oxygen atoms in total. The summed E-state index contributed by atoms with van der Waals surface area (Å²) >= 11 is 0. The number of carbonyl (C=O) groups is 1. The summed E-state index contributed by atoms with van der Waals surface area (Å²) in [4.78, 5) is 12.3. The summed E-state index contributed by atoms with van der Waals surface area (Å²) in [5, 5.41) is 0. The highest BCUT2D eigenvalue weighted by atomic mass is 19.1. The standard InChI is InChI=1S/C17H15FO/c1-11-3-2-4-13(9-11)15-10-16(15)17(19)12-5-7-14(18)8-6-12/h2-9,15-16H,10H2,1H3. The van der Waals surface area contributed by atoms with Gasteiger partial charge in [-0.1, -0.05) is 29.8 Å². The number of carbonyl (C=O) groups excluding carboxylic acids is 1. The molecule has 0 heterocycles. The molecule has 96 valence electrons. The van der Waals surface area contributed by atoms with Crippen LogP contribution in [0.25, 0.3) is 0 Å². The maximum Gasteiger partial charge on any atom is 0.166 e. The Morgan fingerprint density at radius 2 is 1.89 bits per heavy atom. The van der Waals surface area contributed by atoms with Crippen LogP contribution in [0, 0.1) is 18.7 Å². The van der Waals surface area contributed by atoms with E-state index in [0.717, 1.165) is 6.42 Å². The first-order chi connectivity index (χ1) is 9.15. The van der Waals surface area contributed by atoms with Crippen molar-refractivity contribution in [3.63, 3.8) is 0 Å². The molecule has 2 aromatic rings. The quantitative estimate of drug-likeness (QED) is 0.753. The van der Waals surface area contributed by atoms with Gasteiger partial charge < -0.3 is 0 Å². The Bertz CT molecular complexity index is 615. The Hall–Kier alpha value is -1.96. The maximum absolute atomic E-state index is 12.8. The third-order valence-electron chi connectivity index (χ3n) is 3.73. The molecule has 0 aromatic heterocycles. The SMILES string of the molecule is Cc1cccc(C2CC2C(=O)c2ccc(F)cc2)c1. The second-order valence-corrected chi connectivity index (χ2v) is 5.23. The molecular weight excluding hydrogens is 239 g/mol. The van der Waals surface area contributed by atoms with E-state index in [1.807, 2.05) is 6.07 Å². The van der Waals surface area contributed by atoms with Crippen molar-refractivity contribution < 1.29 is 9.18 Å². The van der Waals surface area contributed by atoms with Gasteiger partial charge in [-0.3, -0.25) is 4.79 Å². The number of rotatable bonds is 3. The van der Waals surface area contributed by atoms with Crippen molar-refractivity contribution in [3.8, 4) is 0 Å². The van der Waals surface area contributed by atoms with Crippen LogP contribution in [0.2, 0.25) is 0 Å². The predicted octanol–water partition coefficient (Wildman–Crippen LogP) is 4.12. The minimum Gasteiger partial charge on any atom is -0.294 e. The Labute approximate surface area is 112 Å². The van der Waals surface area contributed by atoms with Gasteiger partial charge in [0, 0.05) is 11.5 Å². The van der Waals surface area contributed by atoms with Crippen molar-refractivity contribution >= 4 is 5.78 Å². The molecule has 0 spiro atoms. The highest BCUT2D eigenvalue weighted by Crippen LogP contribution is 2.49. The first-order valence-electron chi connectivity index (χ1n) is 6.51. The van der Waals surface area contributed by atoms with Gasteiger partial charge in [0.1, 0.15) is 5.82 Å². The van der Waals surface area contributed by atoms with E-state index in [-0.39, 0.29) is 17.5 Å². The van der Waals surface area contributed by atoms with Crippen molar-refractivity contribution in [2.45, 2.75) is 19.3 Å². The minimum absolute atomic E-state index is 0.0623. The number of halogens is 1. The second-order valence-electron chi connectivity index (χ2n) is 5.23. The van der Waals surface area contributed by atoms with Crippen LogP contribution in [-0.2, 0) is 0 Å². The van der Waals surface area contributed by atoms with Crippen molar-refractivity contribution in [1.82, 2.24) is 0 Å². The van der Waals surface area contributed by atoms with E-state index in [9.17, 15) is 9.18 Å².